The Kier molecular flexibility index (Phi) is 2.97. The van der Waals surface area contributed by atoms with Gasteiger partial charge in [-0.05, 0) is 53.1 Å². The van der Waals surface area contributed by atoms with Crippen molar-refractivity contribution in [2.45, 2.75) is 31.7 Å². The Morgan fingerprint density at radius 2 is 2.09 bits per heavy atom. The predicted molar refractivity (Wildman–Crippen MR) is 86.5 cm³/mol. The maximum atomic E-state index is 11.6. The molecule has 0 unspecified atom stereocenters. The van der Waals surface area contributed by atoms with Gasteiger partial charge >= 0.3 is 0 Å². The predicted octanol–water partition coefficient (Wildman–Crippen LogP) is 4.14. The zero-order chi connectivity index (χ0) is 15.1. The van der Waals surface area contributed by atoms with Crippen LogP contribution in [0.1, 0.15) is 35.4 Å². The van der Waals surface area contributed by atoms with E-state index in [4.69, 9.17) is 6.57 Å². The second kappa shape index (κ2) is 4.99. The molecule has 0 radical (unpaired) electrons. The summed E-state index contributed by atoms with van der Waals surface area (Å²) in [6.45, 7) is 7.62. The maximum Gasteiger partial charge on any atom is 0.240 e. The van der Waals surface area contributed by atoms with Gasteiger partial charge in [0.1, 0.15) is 0 Å². The van der Waals surface area contributed by atoms with Gasteiger partial charge in [-0.25, -0.2) is 6.57 Å². The van der Waals surface area contributed by atoms with Crippen LogP contribution in [0.5, 0.6) is 0 Å². The van der Waals surface area contributed by atoms with Crippen LogP contribution in [0.3, 0.4) is 0 Å². The first-order valence-corrected chi connectivity index (χ1v) is 7.64. The number of nitrogens with zero attached hydrogens (tertiary/aromatic N) is 1. The molecule has 0 spiro atoms. The quantitative estimate of drug-likeness (QED) is 0.846. The first kappa shape index (κ1) is 13.1. The van der Waals surface area contributed by atoms with Gasteiger partial charge in [0.2, 0.25) is 12.5 Å². The third-order valence-corrected chi connectivity index (χ3v) is 4.47. The van der Waals surface area contributed by atoms with Crippen molar-refractivity contribution < 1.29 is 4.79 Å². The van der Waals surface area contributed by atoms with E-state index >= 15 is 0 Å². The molecule has 0 atom stereocenters. The molecule has 1 saturated carbocycles. The van der Waals surface area contributed by atoms with Gasteiger partial charge in [-0.3, -0.25) is 4.79 Å². The van der Waals surface area contributed by atoms with Gasteiger partial charge in [0.25, 0.3) is 0 Å². The van der Waals surface area contributed by atoms with Gasteiger partial charge in [0.05, 0.1) is 6.42 Å². The van der Waals surface area contributed by atoms with Crippen LogP contribution in [0, 0.1) is 6.57 Å². The molecule has 3 heteroatoms. The minimum absolute atomic E-state index is 0.0593. The third kappa shape index (κ3) is 2.17. The summed E-state index contributed by atoms with van der Waals surface area (Å²) in [5, 5.41) is 2.88. The van der Waals surface area contributed by atoms with E-state index < -0.39 is 0 Å². The van der Waals surface area contributed by atoms with Crippen LogP contribution in [0.4, 0.5) is 5.69 Å². The zero-order valence-electron chi connectivity index (χ0n) is 12.2. The average molecular weight is 288 g/mol. The van der Waals surface area contributed by atoms with E-state index in [0.29, 0.717) is 18.9 Å². The van der Waals surface area contributed by atoms with Crippen LogP contribution < -0.4 is 5.32 Å². The van der Waals surface area contributed by atoms with Crippen LogP contribution in [0.25, 0.3) is 16.0 Å². The number of nitrogens with one attached hydrogen (secondary N) is 1. The highest BCUT2D eigenvalue weighted by Gasteiger charge is 2.28. The van der Waals surface area contributed by atoms with Crippen molar-refractivity contribution in [3.8, 4) is 11.1 Å². The number of carbonyl (C=O) groups excluding carboxylic acids is 1. The number of benzene rings is 2. The summed E-state index contributed by atoms with van der Waals surface area (Å²) >= 11 is 0. The van der Waals surface area contributed by atoms with Crippen molar-refractivity contribution in [1.29, 1.82) is 0 Å². The largest absolute Gasteiger partial charge is 0.326 e. The van der Waals surface area contributed by atoms with Crippen LogP contribution >= 0.6 is 0 Å². The van der Waals surface area contributed by atoms with Gasteiger partial charge < -0.3 is 10.2 Å². The highest BCUT2D eigenvalue weighted by atomic mass is 16.1. The lowest BCUT2D eigenvalue weighted by Crippen LogP contribution is -2.03. The standard InChI is InChI=1S/C19H16N2O/c1-20-11-14-3-2-4-16(12-5-6-12)19(14)13-7-8-17-15(9-13)10-18(22)21-17/h2-4,7-9,12H,5-6,10-11H2,(H,21,22). The van der Waals surface area contributed by atoms with E-state index in [1.165, 1.54) is 24.0 Å². The molecule has 2 aliphatic rings. The number of hydrogen-bond acceptors (Lipinski definition) is 1. The fourth-order valence-electron chi connectivity index (χ4n) is 3.31. The summed E-state index contributed by atoms with van der Waals surface area (Å²) in [6, 6.07) is 12.5. The van der Waals surface area contributed by atoms with Gasteiger partial charge in [0.15, 0.2) is 0 Å². The molecule has 22 heavy (non-hydrogen) atoms. The molecule has 108 valence electrons. The summed E-state index contributed by atoms with van der Waals surface area (Å²) in [5.41, 5.74) is 6.78. The van der Waals surface area contributed by atoms with Crippen molar-refractivity contribution >= 4 is 11.6 Å². The molecule has 1 heterocycles. The normalized spacial score (nSPS) is 16.0. The Morgan fingerprint density at radius 1 is 1.23 bits per heavy atom. The number of amides is 1. The van der Waals surface area contributed by atoms with E-state index in [-0.39, 0.29) is 5.91 Å². The molecule has 1 aliphatic heterocycles. The molecule has 1 amide bonds. The number of carbonyl (C=O) groups is 1. The Balaban J connectivity index is 1.87. The summed E-state index contributed by atoms with van der Waals surface area (Å²) in [4.78, 5) is 15.1. The highest BCUT2D eigenvalue weighted by molar-refractivity contribution is 5.99. The van der Waals surface area contributed by atoms with Crippen molar-refractivity contribution in [2.24, 2.45) is 0 Å². The molecule has 3 nitrogen and oxygen atoms in total. The van der Waals surface area contributed by atoms with E-state index in [1.54, 1.807) is 0 Å². The molecule has 1 aliphatic carbocycles. The molecule has 1 fully saturated rings. The summed E-state index contributed by atoms with van der Waals surface area (Å²) in [7, 11) is 0. The molecule has 2 aromatic rings. The monoisotopic (exact) mass is 288 g/mol. The molecular formula is C19H16N2O. The lowest BCUT2D eigenvalue weighted by Gasteiger charge is -2.13. The van der Waals surface area contributed by atoms with Gasteiger partial charge in [-0.2, -0.15) is 0 Å². The zero-order valence-corrected chi connectivity index (χ0v) is 12.2. The lowest BCUT2D eigenvalue weighted by atomic mass is 9.90. The Hall–Kier alpha value is -2.60. The van der Waals surface area contributed by atoms with Crippen molar-refractivity contribution in [3.05, 3.63) is 64.5 Å². The first-order valence-electron chi connectivity index (χ1n) is 7.64. The van der Waals surface area contributed by atoms with Crippen molar-refractivity contribution in [3.63, 3.8) is 0 Å². The van der Waals surface area contributed by atoms with Gasteiger partial charge in [0, 0.05) is 11.3 Å². The molecule has 0 saturated heterocycles. The van der Waals surface area contributed by atoms with Crippen molar-refractivity contribution in [2.75, 3.05) is 5.32 Å². The average Bonchev–Trinajstić information content (AvgIpc) is 3.28. The van der Waals surface area contributed by atoms with E-state index in [9.17, 15) is 4.79 Å². The van der Waals surface area contributed by atoms with E-state index in [1.807, 2.05) is 6.07 Å². The Morgan fingerprint density at radius 3 is 2.86 bits per heavy atom. The van der Waals surface area contributed by atoms with Crippen LogP contribution in [0.2, 0.25) is 0 Å². The molecule has 1 N–H and O–H groups in total. The summed E-state index contributed by atoms with van der Waals surface area (Å²) in [5.74, 6) is 0.692. The summed E-state index contributed by atoms with van der Waals surface area (Å²) in [6.07, 6.45) is 2.92. The van der Waals surface area contributed by atoms with Crippen LogP contribution in [-0.2, 0) is 17.8 Å². The van der Waals surface area contributed by atoms with Crippen LogP contribution in [0.15, 0.2) is 36.4 Å². The Bertz CT molecular complexity index is 813. The second-order valence-electron chi connectivity index (χ2n) is 6.07. The molecule has 0 bridgehead atoms. The molecule has 4 rings (SSSR count). The minimum atomic E-state index is 0.0593. The minimum Gasteiger partial charge on any atom is -0.326 e. The highest BCUT2D eigenvalue weighted by Crippen LogP contribution is 2.46. The van der Waals surface area contributed by atoms with E-state index in [2.05, 4.69) is 40.5 Å². The molecule has 0 aromatic heterocycles. The number of hydrogen-bond donors (Lipinski definition) is 1. The molecular weight excluding hydrogens is 272 g/mol. The molecule has 2 aromatic carbocycles. The smallest absolute Gasteiger partial charge is 0.240 e. The Labute approximate surface area is 129 Å². The van der Waals surface area contributed by atoms with E-state index in [0.717, 1.165) is 22.4 Å². The van der Waals surface area contributed by atoms with Gasteiger partial charge in [-0.15, -0.1) is 0 Å². The maximum absolute atomic E-state index is 11.6. The topological polar surface area (TPSA) is 33.5 Å². The van der Waals surface area contributed by atoms with Crippen LogP contribution in [-0.4, -0.2) is 5.91 Å². The SMILES string of the molecule is [C-]#[N+]Cc1cccc(C2CC2)c1-c1ccc2c(c1)CC(=O)N2. The number of fused-ring (bicyclic) bond motifs is 1. The summed E-state index contributed by atoms with van der Waals surface area (Å²) < 4.78 is 0. The first-order chi connectivity index (χ1) is 10.8. The fraction of sp³-hybridized carbons (Fsp3) is 0.263. The lowest BCUT2D eigenvalue weighted by molar-refractivity contribution is -0.115. The van der Waals surface area contributed by atoms with Gasteiger partial charge in [-0.1, -0.05) is 24.3 Å². The van der Waals surface area contributed by atoms with Crippen molar-refractivity contribution in [1.82, 2.24) is 0 Å². The fourth-order valence-corrected chi connectivity index (χ4v) is 3.31. The third-order valence-electron chi connectivity index (χ3n) is 4.47. The number of anilines is 1. The number of rotatable bonds is 3. The second-order valence-corrected chi connectivity index (χ2v) is 6.07.